The summed E-state index contributed by atoms with van der Waals surface area (Å²) in [5, 5.41) is 0.862. The van der Waals surface area contributed by atoms with Crippen molar-refractivity contribution < 1.29 is 13.6 Å². The molecule has 24 heavy (non-hydrogen) atoms. The number of benzene rings is 2. The van der Waals surface area contributed by atoms with E-state index < -0.39 is 5.82 Å². The molecule has 1 aliphatic rings. The predicted octanol–water partition coefficient (Wildman–Crippen LogP) is 4.36. The fourth-order valence-corrected chi connectivity index (χ4v) is 3.68. The molecule has 1 heterocycles. The zero-order valence-corrected chi connectivity index (χ0v) is 14.1. The molecule has 0 bridgehead atoms. The van der Waals surface area contributed by atoms with Crippen LogP contribution in [0.5, 0.6) is 0 Å². The highest BCUT2D eigenvalue weighted by atomic mass is 35.5. The number of amides is 1. The number of hydrogen-bond donors (Lipinski definition) is 0. The Hall–Kier alpha value is -1.92. The molecule has 1 amide bonds. The molecule has 2 aromatic rings. The Bertz CT molecular complexity index is 775. The number of rotatable bonds is 3. The lowest BCUT2D eigenvalue weighted by Gasteiger charge is -2.18. The molecular weight excluding hydrogens is 354 g/mol. The van der Waals surface area contributed by atoms with E-state index in [0.29, 0.717) is 34.4 Å². The first-order valence-electron chi connectivity index (χ1n) is 7.24. The second-order valence-electron chi connectivity index (χ2n) is 5.12. The van der Waals surface area contributed by atoms with Crippen LogP contribution in [-0.2, 0) is 5.75 Å². The summed E-state index contributed by atoms with van der Waals surface area (Å²) < 4.78 is 26.8. The van der Waals surface area contributed by atoms with Crippen LogP contribution in [0.15, 0.2) is 47.5 Å². The average Bonchev–Trinajstić information content (AvgIpc) is 3.03. The van der Waals surface area contributed by atoms with Crippen LogP contribution in [0.4, 0.5) is 8.78 Å². The maximum Gasteiger partial charge on any atom is 0.259 e. The van der Waals surface area contributed by atoms with E-state index in [1.807, 2.05) is 0 Å². The number of carbonyl (C=O) groups is 1. The summed E-state index contributed by atoms with van der Waals surface area (Å²) >= 11 is 7.27. The minimum atomic E-state index is -0.398. The molecule has 7 heteroatoms. The molecular formula is C17H13ClF2N2OS. The van der Waals surface area contributed by atoms with Crippen LogP contribution < -0.4 is 0 Å². The first kappa shape index (κ1) is 16.9. The zero-order chi connectivity index (χ0) is 17.1. The van der Waals surface area contributed by atoms with Gasteiger partial charge in [-0.05, 0) is 36.4 Å². The van der Waals surface area contributed by atoms with E-state index in [0.717, 1.165) is 0 Å². The largest absolute Gasteiger partial charge is 0.286 e. The maximum atomic E-state index is 13.8. The summed E-state index contributed by atoms with van der Waals surface area (Å²) in [5.41, 5.74) is 0.767. The number of nitrogens with zero attached hydrogens (tertiary/aromatic N) is 2. The lowest BCUT2D eigenvalue weighted by Crippen LogP contribution is -2.32. The molecule has 2 aromatic carbocycles. The summed E-state index contributed by atoms with van der Waals surface area (Å²) in [5.74, 6) is -0.758. The third kappa shape index (κ3) is 3.60. The summed E-state index contributed by atoms with van der Waals surface area (Å²) in [7, 11) is 0. The standard InChI is InChI=1S/C17H13ClF2N2OS/c18-14-2-1-3-15(20)13(14)10-24-17-21-8-9-22(17)16(23)11-4-6-12(19)7-5-11/h1-7H,8-10H2. The van der Waals surface area contributed by atoms with Crippen LogP contribution in [0.2, 0.25) is 5.02 Å². The smallest absolute Gasteiger partial charge is 0.259 e. The number of aliphatic imine (C=N–C) groups is 1. The van der Waals surface area contributed by atoms with Crippen molar-refractivity contribution in [3.8, 4) is 0 Å². The van der Waals surface area contributed by atoms with E-state index in [4.69, 9.17) is 11.6 Å². The summed E-state index contributed by atoms with van der Waals surface area (Å²) in [6.07, 6.45) is 0. The van der Waals surface area contributed by atoms with Crippen molar-refractivity contribution in [2.24, 2.45) is 4.99 Å². The van der Waals surface area contributed by atoms with E-state index in [1.165, 1.54) is 47.0 Å². The Kier molecular flexibility index (Phi) is 5.16. The molecule has 0 aromatic heterocycles. The van der Waals surface area contributed by atoms with Gasteiger partial charge in [0.15, 0.2) is 5.17 Å². The van der Waals surface area contributed by atoms with Crippen molar-refractivity contribution in [2.45, 2.75) is 5.75 Å². The first-order valence-corrected chi connectivity index (χ1v) is 8.60. The number of hydrogen-bond acceptors (Lipinski definition) is 3. The molecule has 0 spiro atoms. The van der Waals surface area contributed by atoms with Gasteiger partial charge in [0.05, 0.1) is 6.54 Å². The summed E-state index contributed by atoms with van der Waals surface area (Å²) in [4.78, 5) is 18.3. The average molecular weight is 367 g/mol. The number of halogens is 3. The Morgan fingerprint density at radius 2 is 1.96 bits per heavy atom. The lowest BCUT2D eigenvalue weighted by molar-refractivity contribution is 0.0860. The van der Waals surface area contributed by atoms with Crippen molar-refractivity contribution >= 4 is 34.4 Å². The molecule has 0 saturated carbocycles. The van der Waals surface area contributed by atoms with Crippen molar-refractivity contribution in [1.82, 2.24) is 4.90 Å². The fourth-order valence-electron chi connectivity index (χ4n) is 2.29. The lowest BCUT2D eigenvalue weighted by atomic mass is 10.2. The van der Waals surface area contributed by atoms with Gasteiger partial charge in [-0.3, -0.25) is 14.7 Å². The molecule has 0 radical (unpaired) electrons. The Labute approximate surface area is 147 Å². The van der Waals surface area contributed by atoms with Crippen molar-refractivity contribution in [3.05, 3.63) is 70.2 Å². The molecule has 0 aliphatic carbocycles. The van der Waals surface area contributed by atoms with Gasteiger partial charge >= 0.3 is 0 Å². The molecule has 0 saturated heterocycles. The second kappa shape index (κ2) is 7.32. The quantitative estimate of drug-likeness (QED) is 0.808. The Morgan fingerprint density at radius 3 is 2.67 bits per heavy atom. The van der Waals surface area contributed by atoms with E-state index in [9.17, 15) is 13.6 Å². The molecule has 0 fully saturated rings. The van der Waals surface area contributed by atoms with Gasteiger partial charge in [-0.2, -0.15) is 0 Å². The van der Waals surface area contributed by atoms with E-state index >= 15 is 0 Å². The fraction of sp³-hybridized carbons (Fsp3) is 0.176. The summed E-state index contributed by atoms with van der Waals surface area (Å²) in [6.45, 7) is 0.934. The third-order valence-corrected chi connectivity index (χ3v) is 4.94. The molecule has 0 atom stereocenters. The SMILES string of the molecule is O=C(c1ccc(F)cc1)N1CCN=C1SCc1c(F)cccc1Cl. The Balaban J connectivity index is 1.72. The van der Waals surface area contributed by atoms with Crippen LogP contribution in [-0.4, -0.2) is 29.1 Å². The van der Waals surface area contributed by atoms with Gasteiger partial charge in [-0.15, -0.1) is 0 Å². The topological polar surface area (TPSA) is 32.7 Å². The number of amidine groups is 1. The van der Waals surface area contributed by atoms with Crippen molar-refractivity contribution in [2.75, 3.05) is 13.1 Å². The van der Waals surface area contributed by atoms with E-state index in [1.54, 1.807) is 12.1 Å². The normalized spacial score (nSPS) is 14.0. The third-order valence-electron chi connectivity index (χ3n) is 3.55. The van der Waals surface area contributed by atoms with Crippen LogP contribution in [0, 0.1) is 11.6 Å². The van der Waals surface area contributed by atoms with Crippen molar-refractivity contribution in [3.63, 3.8) is 0 Å². The predicted molar refractivity (Wildman–Crippen MR) is 92.4 cm³/mol. The highest BCUT2D eigenvalue weighted by molar-refractivity contribution is 8.13. The van der Waals surface area contributed by atoms with Crippen LogP contribution in [0.1, 0.15) is 15.9 Å². The monoisotopic (exact) mass is 366 g/mol. The van der Waals surface area contributed by atoms with Crippen LogP contribution >= 0.6 is 23.4 Å². The molecule has 3 rings (SSSR count). The number of carbonyl (C=O) groups excluding carboxylic acids is 1. The molecule has 0 unspecified atom stereocenters. The van der Waals surface area contributed by atoms with Gasteiger partial charge < -0.3 is 0 Å². The van der Waals surface area contributed by atoms with Gasteiger partial charge in [0, 0.05) is 28.4 Å². The molecule has 1 aliphatic heterocycles. The van der Waals surface area contributed by atoms with Crippen molar-refractivity contribution in [1.29, 1.82) is 0 Å². The van der Waals surface area contributed by atoms with Gasteiger partial charge in [0.1, 0.15) is 11.6 Å². The second-order valence-corrected chi connectivity index (χ2v) is 6.47. The van der Waals surface area contributed by atoms with Gasteiger partial charge in [0.2, 0.25) is 0 Å². The minimum absolute atomic E-state index is 0.251. The minimum Gasteiger partial charge on any atom is -0.286 e. The van der Waals surface area contributed by atoms with Gasteiger partial charge in [-0.25, -0.2) is 8.78 Å². The summed E-state index contributed by atoms with van der Waals surface area (Å²) in [6, 6.07) is 9.87. The highest BCUT2D eigenvalue weighted by Crippen LogP contribution is 2.27. The van der Waals surface area contributed by atoms with Gasteiger partial charge in [-0.1, -0.05) is 29.4 Å². The maximum absolute atomic E-state index is 13.8. The van der Waals surface area contributed by atoms with E-state index in [-0.39, 0.29) is 17.5 Å². The highest BCUT2D eigenvalue weighted by Gasteiger charge is 2.25. The molecule has 3 nitrogen and oxygen atoms in total. The zero-order valence-electron chi connectivity index (χ0n) is 12.5. The first-order chi connectivity index (χ1) is 11.6. The van der Waals surface area contributed by atoms with E-state index in [2.05, 4.69) is 4.99 Å². The molecule has 124 valence electrons. The number of thioether (sulfide) groups is 1. The van der Waals surface area contributed by atoms with Gasteiger partial charge in [0.25, 0.3) is 5.91 Å². The Morgan fingerprint density at radius 1 is 1.21 bits per heavy atom. The molecule has 0 N–H and O–H groups in total. The van der Waals surface area contributed by atoms with Crippen LogP contribution in [0.25, 0.3) is 0 Å². The van der Waals surface area contributed by atoms with Crippen LogP contribution in [0.3, 0.4) is 0 Å².